The molecule has 3 rings (SSSR count). The second-order valence-electron chi connectivity index (χ2n) is 7.36. The van der Waals surface area contributed by atoms with Crippen molar-refractivity contribution in [2.75, 3.05) is 29.5 Å². The quantitative estimate of drug-likeness (QED) is 0.659. The van der Waals surface area contributed by atoms with Gasteiger partial charge in [0.1, 0.15) is 11.9 Å². The van der Waals surface area contributed by atoms with E-state index in [4.69, 9.17) is 22.7 Å². The highest BCUT2D eigenvalue weighted by molar-refractivity contribution is 7.93. The van der Waals surface area contributed by atoms with E-state index in [1.54, 1.807) is 12.1 Å². The van der Waals surface area contributed by atoms with E-state index >= 15 is 0 Å². The van der Waals surface area contributed by atoms with E-state index in [9.17, 15) is 18.2 Å². The molecule has 11 heteroatoms. The van der Waals surface area contributed by atoms with Gasteiger partial charge in [0.2, 0.25) is 0 Å². The number of ether oxygens (including phenoxy) is 1. The molecule has 0 aliphatic carbocycles. The summed E-state index contributed by atoms with van der Waals surface area (Å²) < 4.78 is 36.2. The molecule has 2 saturated heterocycles. The zero-order valence-electron chi connectivity index (χ0n) is 16.6. The number of thiocarbonyl (C=S) groups is 1. The van der Waals surface area contributed by atoms with E-state index in [0.717, 1.165) is 0 Å². The summed E-state index contributed by atoms with van der Waals surface area (Å²) in [4.78, 5) is 25.2. The molecule has 0 aromatic heterocycles. The van der Waals surface area contributed by atoms with Gasteiger partial charge in [-0.3, -0.25) is 4.90 Å². The lowest BCUT2D eigenvalue weighted by atomic mass is 9.93. The maximum Gasteiger partial charge on any atom is 0.414 e. The molecule has 0 radical (unpaired) electrons. The zero-order valence-corrected chi connectivity index (χ0v) is 18.3. The van der Waals surface area contributed by atoms with E-state index in [1.807, 2.05) is 6.92 Å². The van der Waals surface area contributed by atoms with Gasteiger partial charge in [-0.15, -0.1) is 4.36 Å². The standard InChI is InChI=1S/C19H25FN4O4S2/c1-2-17(29)22-10-14-11-24(19(26)28-14)13-3-4-15(16(20)9-13)12-5-7-30(27,8-6-12)23-18(21)25/h3-4,9,12,14H,2,5-8,10-11H2,1H3,(H2,21,25)(H,22,29)/t12?,14-,30?/m0/s1. The maximum absolute atomic E-state index is 14.8. The van der Waals surface area contributed by atoms with Gasteiger partial charge in [-0.2, -0.15) is 0 Å². The average Bonchev–Trinajstić information content (AvgIpc) is 3.06. The third-order valence-corrected chi connectivity index (χ3v) is 7.98. The molecule has 2 aliphatic rings. The third kappa shape index (κ3) is 5.25. The van der Waals surface area contributed by atoms with Gasteiger partial charge in [0.15, 0.2) is 0 Å². The lowest BCUT2D eigenvalue weighted by molar-refractivity contribution is 0.143. The molecule has 2 heterocycles. The van der Waals surface area contributed by atoms with Gasteiger partial charge in [0.25, 0.3) is 0 Å². The number of nitrogens with one attached hydrogen (secondary N) is 1. The summed E-state index contributed by atoms with van der Waals surface area (Å²) in [5, 5.41) is 3.04. The number of carbonyl (C=O) groups is 2. The van der Waals surface area contributed by atoms with Crippen LogP contribution in [-0.4, -0.2) is 52.0 Å². The SMILES string of the molecule is CCC(=S)NC[C@H]1CN(c2ccc(C3CCS(=O)(=NC(N)=O)CC3)c(F)c2)C(=O)O1. The Hall–Kier alpha value is -2.27. The molecule has 0 saturated carbocycles. The Morgan fingerprint density at radius 1 is 1.43 bits per heavy atom. The number of primary amides is 1. The largest absolute Gasteiger partial charge is 0.442 e. The molecule has 2 aliphatic heterocycles. The van der Waals surface area contributed by atoms with Crippen molar-refractivity contribution in [3.63, 3.8) is 0 Å². The number of hydrogen-bond acceptors (Lipinski definition) is 5. The van der Waals surface area contributed by atoms with Crippen molar-refractivity contribution in [3.8, 4) is 0 Å². The predicted octanol–water partition coefficient (Wildman–Crippen LogP) is 2.90. The molecule has 1 aromatic carbocycles. The zero-order chi connectivity index (χ0) is 21.9. The van der Waals surface area contributed by atoms with Crippen LogP contribution in [0.5, 0.6) is 0 Å². The van der Waals surface area contributed by atoms with E-state index in [0.29, 0.717) is 48.6 Å². The molecular weight excluding hydrogens is 431 g/mol. The number of halogens is 1. The van der Waals surface area contributed by atoms with Crippen LogP contribution in [0.1, 0.15) is 37.7 Å². The number of nitrogens with two attached hydrogens (primary N) is 1. The van der Waals surface area contributed by atoms with Crippen LogP contribution in [0, 0.1) is 5.82 Å². The minimum Gasteiger partial charge on any atom is -0.442 e. The first kappa shape index (κ1) is 22.4. The Kier molecular flexibility index (Phi) is 6.91. The Balaban J connectivity index is 1.66. The van der Waals surface area contributed by atoms with E-state index in [-0.39, 0.29) is 23.5 Å². The molecule has 8 nitrogen and oxygen atoms in total. The smallest absolute Gasteiger partial charge is 0.414 e. The minimum absolute atomic E-state index is 0.130. The van der Waals surface area contributed by atoms with Gasteiger partial charge in [-0.25, -0.2) is 18.2 Å². The van der Waals surface area contributed by atoms with Crippen LogP contribution in [0.4, 0.5) is 19.7 Å². The van der Waals surface area contributed by atoms with Crippen molar-refractivity contribution in [2.24, 2.45) is 10.1 Å². The Morgan fingerprint density at radius 3 is 2.73 bits per heavy atom. The highest BCUT2D eigenvalue weighted by Gasteiger charge is 2.33. The number of nitrogens with zero attached hydrogens (tertiary/aromatic N) is 2. The van der Waals surface area contributed by atoms with Crippen molar-refractivity contribution in [1.82, 2.24) is 5.32 Å². The normalized spacial score (nSPS) is 26.2. The molecule has 3 N–H and O–H groups in total. The van der Waals surface area contributed by atoms with Crippen LogP contribution in [0.15, 0.2) is 22.6 Å². The van der Waals surface area contributed by atoms with Gasteiger partial charge in [-0.1, -0.05) is 25.2 Å². The van der Waals surface area contributed by atoms with Crippen LogP contribution < -0.4 is 16.0 Å². The number of anilines is 1. The predicted molar refractivity (Wildman–Crippen MR) is 117 cm³/mol. The van der Waals surface area contributed by atoms with Gasteiger partial charge in [0.05, 0.1) is 33.5 Å². The van der Waals surface area contributed by atoms with Crippen LogP contribution >= 0.6 is 12.2 Å². The van der Waals surface area contributed by atoms with Crippen molar-refractivity contribution in [2.45, 2.75) is 38.2 Å². The van der Waals surface area contributed by atoms with E-state index in [2.05, 4.69) is 9.68 Å². The summed E-state index contributed by atoms with van der Waals surface area (Å²) in [6.45, 7) is 2.65. The topological polar surface area (TPSA) is 114 Å². The highest BCUT2D eigenvalue weighted by Crippen LogP contribution is 2.34. The summed E-state index contributed by atoms with van der Waals surface area (Å²) in [6, 6.07) is 3.73. The van der Waals surface area contributed by atoms with Gasteiger partial charge in [0, 0.05) is 11.5 Å². The lowest BCUT2D eigenvalue weighted by Gasteiger charge is -2.25. The molecule has 0 spiro atoms. The molecule has 1 atom stereocenters. The van der Waals surface area contributed by atoms with E-state index < -0.39 is 27.7 Å². The first-order valence-corrected chi connectivity index (χ1v) is 12.0. The minimum atomic E-state index is -2.65. The van der Waals surface area contributed by atoms with E-state index in [1.165, 1.54) is 11.0 Å². The summed E-state index contributed by atoms with van der Waals surface area (Å²) in [5.74, 6) is -0.156. The number of amides is 3. The maximum atomic E-state index is 14.8. The fraction of sp³-hybridized carbons (Fsp3) is 0.526. The van der Waals surface area contributed by atoms with Crippen molar-refractivity contribution in [3.05, 3.63) is 29.6 Å². The molecule has 1 aromatic rings. The monoisotopic (exact) mass is 456 g/mol. The molecule has 164 valence electrons. The Morgan fingerprint density at radius 2 is 2.13 bits per heavy atom. The number of rotatable bonds is 5. The second kappa shape index (κ2) is 9.25. The summed E-state index contributed by atoms with van der Waals surface area (Å²) in [6.07, 6.45) is 0.706. The molecular formula is C19H25FN4O4S2. The first-order chi connectivity index (χ1) is 14.2. The molecule has 2 fully saturated rings. The summed E-state index contributed by atoms with van der Waals surface area (Å²) in [7, 11) is -2.65. The summed E-state index contributed by atoms with van der Waals surface area (Å²) in [5.41, 5.74) is 5.94. The van der Waals surface area contributed by atoms with Crippen molar-refractivity contribution in [1.29, 1.82) is 0 Å². The number of urea groups is 1. The first-order valence-electron chi connectivity index (χ1n) is 9.77. The average molecular weight is 457 g/mol. The second-order valence-corrected chi connectivity index (χ2v) is 10.4. The van der Waals surface area contributed by atoms with Gasteiger partial charge in [-0.05, 0) is 42.9 Å². The highest BCUT2D eigenvalue weighted by atomic mass is 32.2. The fourth-order valence-corrected chi connectivity index (χ4v) is 5.78. The van der Waals surface area contributed by atoms with Gasteiger partial charge < -0.3 is 15.8 Å². The number of benzene rings is 1. The molecule has 3 amide bonds. The number of cyclic esters (lactones) is 1. The Labute approximate surface area is 180 Å². The molecule has 30 heavy (non-hydrogen) atoms. The Bertz CT molecular complexity index is 963. The van der Waals surface area contributed by atoms with Crippen LogP contribution in [0.2, 0.25) is 0 Å². The fourth-order valence-electron chi connectivity index (χ4n) is 3.67. The molecule has 0 bridgehead atoms. The van der Waals surface area contributed by atoms with Crippen molar-refractivity contribution >= 4 is 44.7 Å². The van der Waals surface area contributed by atoms with Gasteiger partial charge >= 0.3 is 12.1 Å². The number of carbonyl (C=O) groups excluding carboxylic acids is 2. The third-order valence-electron chi connectivity index (χ3n) is 5.28. The van der Waals surface area contributed by atoms with Crippen LogP contribution in [0.3, 0.4) is 0 Å². The lowest BCUT2D eigenvalue weighted by Crippen LogP contribution is -2.33. The molecule has 0 unspecified atom stereocenters. The summed E-state index contributed by atoms with van der Waals surface area (Å²) >= 11 is 5.11. The number of hydrogen-bond donors (Lipinski definition) is 2. The van der Waals surface area contributed by atoms with Crippen LogP contribution in [0.25, 0.3) is 0 Å². The van der Waals surface area contributed by atoms with Crippen molar-refractivity contribution < 1.29 is 22.9 Å². The van der Waals surface area contributed by atoms with Crippen LogP contribution in [-0.2, 0) is 14.5 Å².